The van der Waals surface area contributed by atoms with E-state index in [4.69, 9.17) is 16.3 Å². The lowest BCUT2D eigenvalue weighted by Gasteiger charge is -2.13. The van der Waals surface area contributed by atoms with Crippen molar-refractivity contribution >= 4 is 11.6 Å². The molecule has 96 valence electrons. The predicted molar refractivity (Wildman–Crippen MR) is 70.0 cm³/mol. The van der Waals surface area contributed by atoms with Gasteiger partial charge in [0.05, 0.1) is 0 Å². The van der Waals surface area contributed by atoms with Crippen LogP contribution in [0.1, 0.15) is 25.3 Å². The van der Waals surface area contributed by atoms with Crippen molar-refractivity contribution in [3.8, 4) is 0 Å². The monoisotopic (exact) mass is 258 g/mol. The minimum atomic E-state index is -0.176. The van der Waals surface area contributed by atoms with Crippen LogP contribution < -0.4 is 0 Å². The molecule has 0 aliphatic rings. The highest BCUT2D eigenvalue weighted by molar-refractivity contribution is 6.18. The number of halogens is 2. The van der Waals surface area contributed by atoms with Gasteiger partial charge in [-0.3, -0.25) is 0 Å². The lowest BCUT2D eigenvalue weighted by atomic mass is 9.96. The van der Waals surface area contributed by atoms with E-state index in [0.717, 1.165) is 38.0 Å². The summed E-state index contributed by atoms with van der Waals surface area (Å²) in [5.74, 6) is 0.840. The summed E-state index contributed by atoms with van der Waals surface area (Å²) in [6.45, 7) is 3.54. The average molecular weight is 259 g/mol. The SMILES string of the molecule is CCOCCCC(CCl)Cc1cccc(F)c1. The normalized spacial score (nSPS) is 12.6. The Bertz CT molecular complexity index is 317. The third kappa shape index (κ3) is 6.04. The summed E-state index contributed by atoms with van der Waals surface area (Å²) in [7, 11) is 0. The molecule has 0 spiro atoms. The maximum Gasteiger partial charge on any atom is 0.123 e. The molecule has 0 radical (unpaired) electrons. The predicted octanol–water partition coefficient (Wildman–Crippen LogP) is 4.04. The third-order valence-electron chi connectivity index (χ3n) is 2.74. The molecule has 0 bridgehead atoms. The van der Waals surface area contributed by atoms with Crippen LogP contribution in [-0.4, -0.2) is 19.1 Å². The van der Waals surface area contributed by atoms with E-state index < -0.39 is 0 Å². The van der Waals surface area contributed by atoms with Gasteiger partial charge >= 0.3 is 0 Å². The first-order valence-electron chi connectivity index (χ1n) is 6.14. The Balaban J connectivity index is 2.35. The van der Waals surface area contributed by atoms with Gasteiger partial charge in [0.15, 0.2) is 0 Å². The molecule has 3 heteroatoms. The van der Waals surface area contributed by atoms with Crippen molar-refractivity contribution in [2.24, 2.45) is 5.92 Å². The molecule has 0 aliphatic carbocycles. The number of benzene rings is 1. The topological polar surface area (TPSA) is 9.23 Å². The Morgan fingerprint density at radius 1 is 1.41 bits per heavy atom. The second kappa shape index (κ2) is 8.48. The molecule has 0 saturated heterocycles. The second-order valence-electron chi connectivity index (χ2n) is 4.19. The largest absolute Gasteiger partial charge is 0.382 e. The van der Waals surface area contributed by atoms with Crippen LogP contribution in [0.15, 0.2) is 24.3 Å². The first kappa shape index (κ1) is 14.5. The van der Waals surface area contributed by atoms with Gasteiger partial charge in [0.1, 0.15) is 5.82 Å². The van der Waals surface area contributed by atoms with Crippen molar-refractivity contribution in [1.29, 1.82) is 0 Å². The number of hydrogen-bond donors (Lipinski definition) is 0. The minimum absolute atomic E-state index is 0.176. The van der Waals surface area contributed by atoms with E-state index in [2.05, 4.69) is 0 Å². The van der Waals surface area contributed by atoms with Crippen molar-refractivity contribution < 1.29 is 9.13 Å². The zero-order chi connectivity index (χ0) is 12.5. The van der Waals surface area contributed by atoms with Crippen molar-refractivity contribution in [3.05, 3.63) is 35.6 Å². The van der Waals surface area contributed by atoms with Crippen LogP contribution in [0.5, 0.6) is 0 Å². The fourth-order valence-electron chi connectivity index (χ4n) is 1.85. The van der Waals surface area contributed by atoms with Crippen LogP contribution in [0, 0.1) is 11.7 Å². The molecule has 0 aromatic heterocycles. The van der Waals surface area contributed by atoms with Gasteiger partial charge in [0, 0.05) is 19.1 Å². The Labute approximate surface area is 108 Å². The van der Waals surface area contributed by atoms with E-state index in [1.54, 1.807) is 12.1 Å². The number of rotatable bonds is 8. The highest BCUT2D eigenvalue weighted by Gasteiger charge is 2.08. The Kier molecular flexibility index (Phi) is 7.22. The zero-order valence-corrected chi connectivity index (χ0v) is 11.0. The number of ether oxygens (including phenoxy) is 1. The second-order valence-corrected chi connectivity index (χ2v) is 4.50. The molecule has 0 saturated carbocycles. The molecule has 1 unspecified atom stereocenters. The molecule has 17 heavy (non-hydrogen) atoms. The lowest BCUT2D eigenvalue weighted by Crippen LogP contribution is -2.08. The maximum atomic E-state index is 13.0. The van der Waals surface area contributed by atoms with Gasteiger partial charge in [-0.05, 0) is 49.8 Å². The van der Waals surface area contributed by atoms with E-state index in [1.807, 2.05) is 13.0 Å². The molecule has 0 amide bonds. The molecule has 0 heterocycles. The lowest BCUT2D eigenvalue weighted by molar-refractivity contribution is 0.140. The quantitative estimate of drug-likeness (QED) is 0.505. The molecule has 0 aliphatic heterocycles. The molecular weight excluding hydrogens is 239 g/mol. The minimum Gasteiger partial charge on any atom is -0.382 e. The fourth-order valence-corrected chi connectivity index (χ4v) is 2.11. The fraction of sp³-hybridized carbons (Fsp3) is 0.571. The van der Waals surface area contributed by atoms with Crippen LogP contribution in [0.25, 0.3) is 0 Å². The van der Waals surface area contributed by atoms with E-state index in [1.165, 1.54) is 6.07 Å². The Morgan fingerprint density at radius 3 is 2.88 bits per heavy atom. The van der Waals surface area contributed by atoms with Gasteiger partial charge in [-0.2, -0.15) is 0 Å². The van der Waals surface area contributed by atoms with Crippen molar-refractivity contribution in [1.82, 2.24) is 0 Å². The van der Waals surface area contributed by atoms with Gasteiger partial charge in [-0.25, -0.2) is 4.39 Å². The van der Waals surface area contributed by atoms with Gasteiger partial charge in [-0.1, -0.05) is 12.1 Å². The van der Waals surface area contributed by atoms with Crippen molar-refractivity contribution in [2.75, 3.05) is 19.1 Å². The molecule has 0 fully saturated rings. The summed E-state index contributed by atoms with van der Waals surface area (Å²) < 4.78 is 18.3. The van der Waals surface area contributed by atoms with Gasteiger partial charge in [0.2, 0.25) is 0 Å². The van der Waals surface area contributed by atoms with Gasteiger partial charge < -0.3 is 4.74 Å². The van der Waals surface area contributed by atoms with Gasteiger partial charge in [0.25, 0.3) is 0 Å². The first-order valence-corrected chi connectivity index (χ1v) is 6.67. The van der Waals surface area contributed by atoms with Crippen molar-refractivity contribution in [2.45, 2.75) is 26.2 Å². The van der Waals surface area contributed by atoms with Crippen LogP contribution >= 0.6 is 11.6 Å². The highest BCUT2D eigenvalue weighted by atomic mass is 35.5. The summed E-state index contributed by atoms with van der Waals surface area (Å²) in [5.41, 5.74) is 1.02. The standard InChI is InChI=1S/C14H20ClFO/c1-2-17-8-4-6-13(11-15)9-12-5-3-7-14(16)10-12/h3,5,7,10,13H,2,4,6,8-9,11H2,1H3. The Hall–Kier alpha value is -0.600. The third-order valence-corrected chi connectivity index (χ3v) is 3.17. The highest BCUT2D eigenvalue weighted by Crippen LogP contribution is 2.16. The average Bonchev–Trinajstić information content (AvgIpc) is 2.33. The van der Waals surface area contributed by atoms with Gasteiger partial charge in [-0.15, -0.1) is 11.6 Å². The number of hydrogen-bond acceptors (Lipinski definition) is 1. The molecule has 1 rings (SSSR count). The summed E-state index contributed by atoms with van der Waals surface area (Å²) in [6, 6.07) is 6.75. The van der Waals surface area contributed by atoms with E-state index in [9.17, 15) is 4.39 Å². The number of alkyl halides is 1. The molecule has 1 aromatic rings. The van der Waals surface area contributed by atoms with E-state index in [-0.39, 0.29) is 5.82 Å². The Morgan fingerprint density at radius 2 is 2.24 bits per heavy atom. The summed E-state index contributed by atoms with van der Waals surface area (Å²) in [5, 5.41) is 0. The molecule has 1 atom stereocenters. The molecule has 0 N–H and O–H groups in total. The summed E-state index contributed by atoms with van der Waals surface area (Å²) >= 11 is 5.94. The molecule has 1 aromatic carbocycles. The van der Waals surface area contributed by atoms with Crippen molar-refractivity contribution in [3.63, 3.8) is 0 Å². The first-order chi connectivity index (χ1) is 8.26. The van der Waals surface area contributed by atoms with Crippen LogP contribution in [-0.2, 0) is 11.2 Å². The summed E-state index contributed by atoms with van der Waals surface area (Å²) in [6.07, 6.45) is 2.88. The van der Waals surface area contributed by atoms with Crippen LogP contribution in [0.2, 0.25) is 0 Å². The zero-order valence-electron chi connectivity index (χ0n) is 10.3. The summed E-state index contributed by atoms with van der Waals surface area (Å²) in [4.78, 5) is 0. The maximum absolute atomic E-state index is 13.0. The smallest absolute Gasteiger partial charge is 0.123 e. The van der Waals surface area contributed by atoms with Crippen LogP contribution in [0.4, 0.5) is 4.39 Å². The van der Waals surface area contributed by atoms with E-state index >= 15 is 0 Å². The van der Waals surface area contributed by atoms with E-state index in [0.29, 0.717) is 11.8 Å². The molecular formula is C14H20ClFO. The van der Waals surface area contributed by atoms with Crippen LogP contribution in [0.3, 0.4) is 0 Å². The molecule has 1 nitrogen and oxygen atoms in total.